The van der Waals surface area contributed by atoms with E-state index in [1.807, 2.05) is 30.5 Å². The summed E-state index contributed by atoms with van der Waals surface area (Å²) in [6, 6.07) is 18.2. The molecule has 4 heteroatoms. The van der Waals surface area contributed by atoms with Crippen LogP contribution in [0.2, 0.25) is 0 Å². The number of nitrogens with zero attached hydrogens (tertiary/aromatic N) is 4. The lowest BCUT2D eigenvalue weighted by Gasteiger charge is -2.11. The summed E-state index contributed by atoms with van der Waals surface area (Å²) in [6.45, 7) is 2.29. The van der Waals surface area contributed by atoms with Crippen molar-refractivity contribution in [2.45, 2.75) is 103 Å². The maximum atomic E-state index is 4.56. The first-order valence-corrected chi connectivity index (χ1v) is 14.2. The van der Waals surface area contributed by atoms with Crippen LogP contribution < -0.4 is 0 Å². The van der Waals surface area contributed by atoms with Crippen molar-refractivity contribution in [2.75, 3.05) is 0 Å². The fraction of sp³-hybridized carbons (Fsp3) is 0.500. The number of hydrogen-bond acceptors (Lipinski definition) is 4. The van der Waals surface area contributed by atoms with Crippen LogP contribution in [0.4, 0.5) is 11.6 Å². The van der Waals surface area contributed by atoms with Crippen molar-refractivity contribution >= 4 is 11.6 Å². The van der Waals surface area contributed by atoms with Crippen molar-refractivity contribution in [1.29, 1.82) is 0 Å². The third-order valence-corrected chi connectivity index (χ3v) is 6.78. The average molecular weight is 485 g/mol. The molecule has 0 N–H and O–H groups in total. The Kier molecular flexibility index (Phi) is 13.5. The molecule has 0 atom stereocenters. The molecule has 36 heavy (non-hydrogen) atoms. The first kappa shape index (κ1) is 27.7. The van der Waals surface area contributed by atoms with Gasteiger partial charge in [-0.3, -0.25) is 0 Å². The molecule has 0 radical (unpaired) electrons. The van der Waals surface area contributed by atoms with E-state index < -0.39 is 0 Å². The molecule has 0 fully saturated rings. The Morgan fingerprint density at radius 3 is 1.78 bits per heavy atom. The van der Waals surface area contributed by atoms with E-state index in [0.717, 1.165) is 17.5 Å². The van der Waals surface area contributed by atoms with Crippen molar-refractivity contribution in [3.8, 4) is 11.1 Å². The van der Waals surface area contributed by atoms with E-state index in [-0.39, 0.29) is 0 Å². The summed E-state index contributed by atoms with van der Waals surface area (Å²) in [5.74, 6) is 1.26. The second-order valence-corrected chi connectivity index (χ2v) is 9.77. The van der Waals surface area contributed by atoms with Crippen LogP contribution in [-0.4, -0.2) is 9.97 Å². The summed E-state index contributed by atoms with van der Waals surface area (Å²) in [7, 11) is 0. The van der Waals surface area contributed by atoms with Gasteiger partial charge < -0.3 is 0 Å². The molecule has 3 aromatic rings. The lowest BCUT2D eigenvalue weighted by molar-refractivity contribution is 0.535. The van der Waals surface area contributed by atoms with Crippen molar-refractivity contribution in [1.82, 2.24) is 9.97 Å². The lowest BCUT2D eigenvalue weighted by atomic mass is 9.96. The molecule has 0 aliphatic heterocycles. The Labute approximate surface area is 218 Å². The number of unbranched alkanes of at least 4 members (excludes halogenated alkanes) is 13. The van der Waals surface area contributed by atoms with Crippen LogP contribution >= 0.6 is 0 Å². The highest BCUT2D eigenvalue weighted by Crippen LogP contribution is 2.33. The van der Waals surface area contributed by atoms with Gasteiger partial charge in [0.1, 0.15) is 0 Å². The van der Waals surface area contributed by atoms with Crippen molar-refractivity contribution in [2.24, 2.45) is 10.2 Å². The second kappa shape index (κ2) is 17.5. The van der Waals surface area contributed by atoms with Crippen LogP contribution in [0.1, 0.15) is 102 Å². The monoisotopic (exact) mass is 484 g/mol. The third-order valence-electron chi connectivity index (χ3n) is 6.78. The van der Waals surface area contributed by atoms with Gasteiger partial charge in [0.05, 0.1) is 0 Å². The van der Waals surface area contributed by atoms with E-state index in [1.165, 1.54) is 95.5 Å². The maximum Gasteiger partial charge on any atom is 0.182 e. The Morgan fingerprint density at radius 1 is 0.556 bits per heavy atom. The molecule has 2 heterocycles. The van der Waals surface area contributed by atoms with E-state index in [9.17, 15) is 0 Å². The van der Waals surface area contributed by atoms with Crippen LogP contribution in [0, 0.1) is 0 Å². The zero-order valence-electron chi connectivity index (χ0n) is 22.2. The number of azo groups is 1. The summed E-state index contributed by atoms with van der Waals surface area (Å²) >= 11 is 0. The predicted octanol–water partition coefficient (Wildman–Crippen LogP) is 10.6. The topological polar surface area (TPSA) is 50.5 Å². The molecule has 2 aromatic heterocycles. The van der Waals surface area contributed by atoms with Gasteiger partial charge in [-0.05, 0) is 42.2 Å². The summed E-state index contributed by atoms with van der Waals surface area (Å²) in [5.41, 5.74) is 3.53. The van der Waals surface area contributed by atoms with E-state index in [2.05, 4.69) is 57.5 Å². The van der Waals surface area contributed by atoms with Crippen LogP contribution in [-0.2, 0) is 6.42 Å². The average Bonchev–Trinajstić information content (AvgIpc) is 2.93. The fourth-order valence-corrected chi connectivity index (χ4v) is 4.71. The van der Waals surface area contributed by atoms with Gasteiger partial charge in [0, 0.05) is 18.0 Å². The van der Waals surface area contributed by atoms with E-state index >= 15 is 0 Å². The number of hydrogen-bond donors (Lipinski definition) is 0. The smallest absolute Gasteiger partial charge is 0.182 e. The molecule has 0 saturated carbocycles. The molecule has 1 aromatic carbocycles. The third kappa shape index (κ3) is 10.4. The Morgan fingerprint density at radius 2 is 1.17 bits per heavy atom. The first-order chi connectivity index (χ1) is 17.9. The van der Waals surface area contributed by atoms with Gasteiger partial charge in [-0.2, -0.15) is 0 Å². The molecule has 0 aliphatic rings. The molecule has 4 nitrogen and oxygen atoms in total. The van der Waals surface area contributed by atoms with Gasteiger partial charge in [-0.1, -0.05) is 127 Å². The minimum Gasteiger partial charge on any atom is -0.236 e. The van der Waals surface area contributed by atoms with E-state index in [4.69, 9.17) is 0 Å². The molecule has 0 aliphatic carbocycles. The molecular formula is C32H44N4. The summed E-state index contributed by atoms with van der Waals surface area (Å²) in [6.07, 6.45) is 23.9. The van der Waals surface area contributed by atoms with Crippen molar-refractivity contribution in [3.63, 3.8) is 0 Å². The predicted molar refractivity (Wildman–Crippen MR) is 152 cm³/mol. The van der Waals surface area contributed by atoms with E-state index in [0.29, 0.717) is 11.6 Å². The minimum atomic E-state index is 0.593. The summed E-state index contributed by atoms with van der Waals surface area (Å²) < 4.78 is 0. The number of aromatic nitrogens is 2. The van der Waals surface area contributed by atoms with Crippen LogP contribution in [0.5, 0.6) is 0 Å². The second-order valence-electron chi connectivity index (χ2n) is 9.77. The number of aryl methyl sites for hydroxylation is 1. The fourth-order valence-electron chi connectivity index (χ4n) is 4.71. The number of pyridine rings is 2. The van der Waals surface area contributed by atoms with Crippen LogP contribution in [0.15, 0.2) is 77.2 Å². The quantitative estimate of drug-likeness (QED) is 0.133. The molecule has 0 saturated heterocycles. The highest BCUT2D eigenvalue weighted by Gasteiger charge is 2.12. The van der Waals surface area contributed by atoms with Gasteiger partial charge >= 0.3 is 0 Å². The highest BCUT2D eigenvalue weighted by molar-refractivity contribution is 5.76. The summed E-state index contributed by atoms with van der Waals surface area (Å²) in [5, 5.41) is 8.81. The highest BCUT2D eigenvalue weighted by atomic mass is 15.2. The lowest BCUT2D eigenvalue weighted by Crippen LogP contribution is -1.94. The molecule has 0 spiro atoms. The molecule has 0 bridgehead atoms. The van der Waals surface area contributed by atoms with Gasteiger partial charge in [0.2, 0.25) is 0 Å². The van der Waals surface area contributed by atoms with E-state index in [1.54, 1.807) is 6.20 Å². The van der Waals surface area contributed by atoms with Gasteiger partial charge in [0.15, 0.2) is 11.6 Å². The zero-order valence-corrected chi connectivity index (χ0v) is 22.2. The summed E-state index contributed by atoms with van der Waals surface area (Å²) in [4.78, 5) is 8.81. The zero-order chi connectivity index (χ0) is 25.1. The molecule has 0 amide bonds. The van der Waals surface area contributed by atoms with Crippen LogP contribution in [0.25, 0.3) is 11.1 Å². The van der Waals surface area contributed by atoms with Gasteiger partial charge in [0.25, 0.3) is 0 Å². The standard InChI is InChI=1S/C32H44N4/c1-2-3-4-5-6-7-8-9-10-11-12-13-14-16-23-29-25-27-34-32(31(29)28-21-17-15-18-22-28)36-35-30-24-19-20-26-33-30/h15,17-22,24-27H,2-14,16,23H2,1H3. The Hall–Kier alpha value is -2.88. The maximum absolute atomic E-state index is 4.56. The van der Waals surface area contributed by atoms with Gasteiger partial charge in [-0.25, -0.2) is 9.97 Å². The van der Waals surface area contributed by atoms with Crippen LogP contribution in [0.3, 0.4) is 0 Å². The Balaban J connectivity index is 1.43. The molecule has 3 rings (SSSR count). The van der Waals surface area contributed by atoms with Gasteiger partial charge in [-0.15, -0.1) is 10.2 Å². The molecule has 0 unspecified atom stereocenters. The SMILES string of the molecule is CCCCCCCCCCCCCCCCc1ccnc(N=Nc2ccccn2)c1-c1ccccc1. The number of benzene rings is 1. The first-order valence-electron chi connectivity index (χ1n) is 14.2. The largest absolute Gasteiger partial charge is 0.236 e. The normalized spacial score (nSPS) is 11.4. The van der Waals surface area contributed by atoms with Crippen molar-refractivity contribution < 1.29 is 0 Å². The number of rotatable bonds is 18. The molecule has 192 valence electrons. The molecular weight excluding hydrogens is 440 g/mol. The Bertz CT molecular complexity index is 986. The minimum absolute atomic E-state index is 0.593. The van der Waals surface area contributed by atoms with Crippen molar-refractivity contribution in [3.05, 3.63) is 72.6 Å².